The smallest absolute Gasteiger partial charge is 0.271 e. The van der Waals surface area contributed by atoms with Crippen LogP contribution in [-0.2, 0) is 0 Å². The highest BCUT2D eigenvalue weighted by molar-refractivity contribution is 6.31. The molecule has 1 aromatic heterocycles. The Morgan fingerprint density at radius 3 is 2.35 bits per heavy atom. The molecular formula is C28H26Cl3N5O. The first-order chi connectivity index (χ1) is 18.0. The van der Waals surface area contributed by atoms with E-state index in [1.807, 2.05) is 67.6 Å². The number of halogens is 3. The van der Waals surface area contributed by atoms with Crippen molar-refractivity contribution in [1.29, 1.82) is 0 Å². The topological polar surface area (TPSA) is 69.6 Å². The molecule has 0 unspecified atom stereocenters. The van der Waals surface area contributed by atoms with Crippen LogP contribution < -0.4 is 15.6 Å². The van der Waals surface area contributed by atoms with Crippen molar-refractivity contribution in [2.24, 2.45) is 5.10 Å². The van der Waals surface area contributed by atoms with Gasteiger partial charge in [0.2, 0.25) is 0 Å². The molecule has 1 amide bonds. The van der Waals surface area contributed by atoms with Gasteiger partial charge >= 0.3 is 0 Å². The van der Waals surface area contributed by atoms with Gasteiger partial charge in [0.05, 0.1) is 11.7 Å². The molecule has 4 rings (SSSR count). The van der Waals surface area contributed by atoms with E-state index in [0.717, 1.165) is 46.5 Å². The van der Waals surface area contributed by atoms with Crippen molar-refractivity contribution in [3.8, 4) is 0 Å². The van der Waals surface area contributed by atoms with E-state index in [0.29, 0.717) is 28.2 Å². The Labute approximate surface area is 231 Å². The minimum Gasteiger partial charge on any atom is -0.369 e. The number of rotatable bonds is 10. The molecular weight excluding hydrogens is 529 g/mol. The predicted octanol–water partition coefficient (Wildman–Crippen LogP) is 6.99. The van der Waals surface area contributed by atoms with Crippen molar-refractivity contribution in [3.63, 3.8) is 0 Å². The van der Waals surface area contributed by atoms with Crippen LogP contribution in [-0.4, -0.2) is 42.0 Å². The first-order valence-corrected chi connectivity index (χ1v) is 13.2. The summed E-state index contributed by atoms with van der Waals surface area (Å²) >= 11 is 17.9. The number of anilines is 3. The summed E-state index contributed by atoms with van der Waals surface area (Å²) in [5.41, 5.74) is 7.71. The van der Waals surface area contributed by atoms with Crippen LogP contribution in [0.15, 0.2) is 77.9 Å². The predicted molar refractivity (Wildman–Crippen MR) is 156 cm³/mol. The van der Waals surface area contributed by atoms with Gasteiger partial charge in [-0.15, -0.1) is 23.2 Å². The molecule has 0 fully saturated rings. The first kappa shape index (κ1) is 26.7. The second kappa shape index (κ2) is 12.8. The van der Waals surface area contributed by atoms with Gasteiger partial charge in [0.15, 0.2) is 0 Å². The fraction of sp³-hybridized carbons (Fsp3) is 0.179. The van der Waals surface area contributed by atoms with Gasteiger partial charge in [0.25, 0.3) is 5.91 Å². The molecule has 0 saturated carbocycles. The number of aryl methyl sites for hydroxylation is 1. The molecule has 3 aromatic carbocycles. The van der Waals surface area contributed by atoms with Gasteiger partial charge in [0, 0.05) is 52.2 Å². The number of nitrogens with zero attached hydrogens (tertiary/aromatic N) is 3. The maximum absolute atomic E-state index is 12.5. The minimum atomic E-state index is -0.300. The summed E-state index contributed by atoms with van der Waals surface area (Å²) in [4.78, 5) is 19.3. The Kier molecular flexibility index (Phi) is 9.23. The maximum atomic E-state index is 12.5. The number of fused-ring (bicyclic) bond motifs is 1. The molecule has 0 saturated heterocycles. The largest absolute Gasteiger partial charge is 0.369 e. The van der Waals surface area contributed by atoms with E-state index in [-0.39, 0.29) is 5.91 Å². The molecule has 0 aliphatic carbocycles. The number of carbonyl (C=O) groups is 1. The van der Waals surface area contributed by atoms with E-state index in [9.17, 15) is 4.79 Å². The maximum Gasteiger partial charge on any atom is 0.271 e. The van der Waals surface area contributed by atoms with Gasteiger partial charge < -0.3 is 10.2 Å². The molecule has 4 aromatic rings. The van der Waals surface area contributed by atoms with Gasteiger partial charge in [-0.05, 0) is 78.7 Å². The Morgan fingerprint density at radius 1 is 0.973 bits per heavy atom. The fourth-order valence-electron chi connectivity index (χ4n) is 3.86. The van der Waals surface area contributed by atoms with Gasteiger partial charge in [0.1, 0.15) is 5.82 Å². The van der Waals surface area contributed by atoms with Crippen LogP contribution in [0.1, 0.15) is 21.5 Å². The van der Waals surface area contributed by atoms with Crippen LogP contribution in [0.25, 0.3) is 10.9 Å². The van der Waals surface area contributed by atoms with Crippen molar-refractivity contribution >= 4 is 75.0 Å². The van der Waals surface area contributed by atoms with Crippen molar-refractivity contribution in [2.45, 2.75) is 6.92 Å². The number of carbonyl (C=O) groups excluding carboxylic acids is 1. The molecule has 0 atom stereocenters. The molecule has 0 aliphatic rings. The number of hydrogen-bond donors (Lipinski definition) is 2. The summed E-state index contributed by atoms with van der Waals surface area (Å²) in [6.45, 7) is 3.46. The Hall–Kier alpha value is -3.32. The lowest BCUT2D eigenvalue weighted by Crippen LogP contribution is -2.27. The number of hydrogen-bond acceptors (Lipinski definition) is 5. The molecule has 0 bridgehead atoms. The third kappa shape index (κ3) is 7.13. The highest BCUT2D eigenvalue weighted by Crippen LogP contribution is 2.25. The van der Waals surface area contributed by atoms with Crippen molar-refractivity contribution in [2.75, 3.05) is 35.1 Å². The molecule has 1 heterocycles. The van der Waals surface area contributed by atoms with E-state index in [4.69, 9.17) is 34.8 Å². The lowest BCUT2D eigenvalue weighted by Gasteiger charge is -2.22. The summed E-state index contributed by atoms with van der Waals surface area (Å²) < 4.78 is 0. The highest BCUT2D eigenvalue weighted by atomic mass is 35.5. The zero-order chi connectivity index (χ0) is 26.2. The normalized spacial score (nSPS) is 11.1. The zero-order valence-electron chi connectivity index (χ0n) is 20.2. The summed E-state index contributed by atoms with van der Waals surface area (Å²) in [7, 11) is 0. The zero-order valence-corrected chi connectivity index (χ0v) is 22.5. The van der Waals surface area contributed by atoms with Gasteiger partial charge in [-0.2, -0.15) is 5.10 Å². The molecule has 6 nitrogen and oxygen atoms in total. The summed E-state index contributed by atoms with van der Waals surface area (Å²) in [5.74, 6) is 1.47. The summed E-state index contributed by atoms with van der Waals surface area (Å²) in [5, 5.41) is 9.07. The average molecular weight is 555 g/mol. The lowest BCUT2D eigenvalue weighted by molar-refractivity contribution is 0.0955. The molecule has 9 heteroatoms. The van der Waals surface area contributed by atoms with E-state index in [2.05, 4.69) is 25.7 Å². The number of amides is 1. The van der Waals surface area contributed by atoms with Crippen molar-refractivity contribution < 1.29 is 4.79 Å². The fourth-order valence-corrected chi connectivity index (χ4v) is 4.44. The van der Waals surface area contributed by atoms with Gasteiger partial charge in [-0.25, -0.2) is 10.4 Å². The second-order valence-electron chi connectivity index (χ2n) is 8.34. The van der Waals surface area contributed by atoms with Crippen LogP contribution in [0.2, 0.25) is 5.02 Å². The monoisotopic (exact) mass is 553 g/mol. The van der Waals surface area contributed by atoms with Gasteiger partial charge in [-0.3, -0.25) is 4.79 Å². The Bertz CT molecular complexity index is 1390. The van der Waals surface area contributed by atoms with Crippen LogP contribution in [0.4, 0.5) is 17.2 Å². The second-order valence-corrected chi connectivity index (χ2v) is 9.54. The molecule has 0 radical (unpaired) electrons. The molecule has 0 spiro atoms. The van der Waals surface area contributed by atoms with Crippen LogP contribution in [0, 0.1) is 6.92 Å². The molecule has 2 N–H and O–H groups in total. The Balaban J connectivity index is 1.35. The van der Waals surface area contributed by atoms with Crippen LogP contribution >= 0.6 is 34.8 Å². The standard InChI is InChI=1S/C28H26Cl3N5O/c1-19-16-27(34-26-11-6-22(31)17-25(19)26)33-23-7-4-21(5-8-23)28(37)35-32-18-20-2-9-24(10-3-20)36(14-12-29)15-13-30/h2-11,16-18H,12-15H2,1H3,(H,33,34)(H,35,37). The SMILES string of the molecule is Cc1cc(Nc2ccc(C(=O)NN=Cc3ccc(N(CCCl)CCCl)cc3)cc2)nc2ccc(Cl)cc12. The number of hydrazone groups is 1. The number of aromatic nitrogens is 1. The number of nitrogens with one attached hydrogen (secondary N) is 2. The number of pyridine rings is 1. The van der Waals surface area contributed by atoms with E-state index in [1.54, 1.807) is 18.3 Å². The van der Waals surface area contributed by atoms with Crippen molar-refractivity contribution in [1.82, 2.24) is 10.4 Å². The summed E-state index contributed by atoms with van der Waals surface area (Å²) in [6.07, 6.45) is 1.60. The average Bonchev–Trinajstić information content (AvgIpc) is 2.90. The first-order valence-electron chi connectivity index (χ1n) is 11.7. The molecule has 37 heavy (non-hydrogen) atoms. The molecule has 0 aliphatic heterocycles. The third-order valence-electron chi connectivity index (χ3n) is 5.74. The number of benzene rings is 3. The van der Waals surface area contributed by atoms with E-state index in [1.165, 1.54) is 0 Å². The molecule has 190 valence electrons. The van der Waals surface area contributed by atoms with E-state index < -0.39 is 0 Å². The summed E-state index contributed by atoms with van der Waals surface area (Å²) in [6, 6.07) is 22.5. The third-order valence-corrected chi connectivity index (χ3v) is 6.32. The van der Waals surface area contributed by atoms with E-state index >= 15 is 0 Å². The lowest BCUT2D eigenvalue weighted by atomic mass is 10.1. The quantitative estimate of drug-likeness (QED) is 0.126. The minimum absolute atomic E-state index is 0.300. The van der Waals surface area contributed by atoms with Gasteiger partial charge in [-0.1, -0.05) is 23.7 Å². The Morgan fingerprint density at radius 2 is 1.68 bits per heavy atom. The van der Waals surface area contributed by atoms with Crippen molar-refractivity contribution in [3.05, 3.63) is 94.5 Å². The highest BCUT2D eigenvalue weighted by Gasteiger charge is 2.08. The number of alkyl halides is 2. The van der Waals surface area contributed by atoms with Crippen LogP contribution in [0.5, 0.6) is 0 Å². The van der Waals surface area contributed by atoms with Crippen LogP contribution in [0.3, 0.4) is 0 Å².